The van der Waals surface area contributed by atoms with E-state index in [4.69, 9.17) is 32.7 Å². The zero-order chi connectivity index (χ0) is 27.5. The Morgan fingerprint density at radius 3 is 2.29 bits per heavy atom. The number of methoxy groups -OCH3 is 1. The fraction of sp³-hybridized carbons (Fsp3) is 0.458. The van der Waals surface area contributed by atoms with Crippen molar-refractivity contribution < 1.29 is 31.1 Å². The van der Waals surface area contributed by atoms with Crippen LogP contribution in [0.3, 0.4) is 0 Å². The number of rotatable bonds is 8. The SMILES string of the molecule is COc1ccc(NC(=O)C2CCN(S(=O)(=O)Cc3ccc(Cl)c(Cl)c3)CC2)cc1S(=O)(=O)N1CCOCC1. The predicted molar refractivity (Wildman–Crippen MR) is 145 cm³/mol. The molecule has 0 spiro atoms. The molecule has 0 aromatic heterocycles. The number of ether oxygens (including phenoxy) is 2. The fourth-order valence-electron chi connectivity index (χ4n) is 4.45. The summed E-state index contributed by atoms with van der Waals surface area (Å²) in [6, 6.07) is 9.17. The lowest BCUT2D eigenvalue weighted by Crippen LogP contribution is -2.42. The number of amides is 1. The standard InChI is InChI=1S/C24H29Cl2N3O7S2/c1-35-22-5-3-19(15-23(22)38(33,34)29-10-12-36-13-11-29)27-24(30)18-6-8-28(9-7-18)37(31,32)16-17-2-4-20(25)21(26)14-17/h2-5,14-15,18H,6-13,16H2,1H3,(H,27,30). The summed E-state index contributed by atoms with van der Waals surface area (Å²) in [4.78, 5) is 12.9. The first kappa shape index (κ1) is 29.1. The molecule has 208 valence electrons. The van der Waals surface area contributed by atoms with Crippen LogP contribution in [0.4, 0.5) is 5.69 Å². The van der Waals surface area contributed by atoms with Gasteiger partial charge < -0.3 is 14.8 Å². The molecule has 0 atom stereocenters. The molecule has 2 aliphatic rings. The van der Waals surface area contributed by atoms with Crippen molar-refractivity contribution in [1.29, 1.82) is 0 Å². The number of anilines is 1. The van der Waals surface area contributed by atoms with Crippen molar-refractivity contribution in [3.63, 3.8) is 0 Å². The van der Waals surface area contributed by atoms with Crippen molar-refractivity contribution in [2.24, 2.45) is 5.92 Å². The van der Waals surface area contributed by atoms with E-state index in [1.54, 1.807) is 18.2 Å². The minimum absolute atomic E-state index is 0.0390. The van der Waals surface area contributed by atoms with Crippen LogP contribution in [-0.4, -0.2) is 77.9 Å². The van der Waals surface area contributed by atoms with Crippen molar-refractivity contribution in [1.82, 2.24) is 8.61 Å². The number of carbonyl (C=O) groups is 1. The van der Waals surface area contributed by atoms with Crippen LogP contribution in [0.2, 0.25) is 10.0 Å². The molecule has 0 saturated carbocycles. The highest BCUT2D eigenvalue weighted by atomic mass is 35.5. The highest BCUT2D eigenvalue weighted by Gasteiger charge is 2.33. The van der Waals surface area contributed by atoms with Crippen LogP contribution in [0.15, 0.2) is 41.3 Å². The predicted octanol–water partition coefficient (Wildman–Crippen LogP) is 3.20. The van der Waals surface area contributed by atoms with Crippen molar-refractivity contribution in [3.8, 4) is 5.75 Å². The minimum Gasteiger partial charge on any atom is -0.495 e. The topological polar surface area (TPSA) is 122 Å². The normalized spacial score (nSPS) is 18.3. The van der Waals surface area contributed by atoms with Gasteiger partial charge in [-0.1, -0.05) is 29.3 Å². The van der Waals surface area contributed by atoms with Crippen LogP contribution < -0.4 is 10.1 Å². The molecule has 10 nitrogen and oxygen atoms in total. The second-order valence-electron chi connectivity index (χ2n) is 9.05. The monoisotopic (exact) mass is 605 g/mol. The lowest BCUT2D eigenvalue weighted by atomic mass is 9.97. The molecule has 1 amide bonds. The van der Waals surface area contributed by atoms with Gasteiger partial charge in [-0.3, -0.25) is 4.79 Å². The molecule has 0 radical (unpaired) electrons. The lowest BCUT2D eigenvalue weighted by Gasteiger charge is -2.30. The number of nitrogens with zero attached hydrogens (tertiary/aromatic N) is 2. The number of hydrogen-bond donors (Lipinski definition) is 1. The summed E-state index contributed by atoms with van der Waals surface area (Å²) in [5, 5.41) is 3.42. The minimum atomic E-state index is -3.85. The van der Waals surface area contributed by atoms with Crippen LogP contribution in [0, 0.1) is 5.92 Å². The number of benzene rings is 2. The number of carbonyl (C=O) groups excluding carboxylic acids is 1. The maximum absolute atomic E-state index is 13.2. The van der Waals surface area contributed by atoms with E-state index in [1.807, 2.05) is 0 Å². The maximum Gasteiger partial charge on any atom is 0.246 e. The summed E-state index contributed by atoms with van der Waals surface area (Å²) in [5.41, 5.74) is 0.846. The summed E-state index contributed by atoms with van der Waals surface area (Å²) >= 11 is 11.9. The van der Waals surface area contributed by atoms with Gasteiger partial charge in [0.1, 0.15) is 10.6 Å². The third-order valence-corrected chi connectivity index (χ3v) is 11.1. The molecule has 38 heavy (non-hydrogen) atoms. The van der Waals surface area contributed by atoms with Gasteiger partial charge in [-0.25, -0.2) is 21.1 Å². The van der Waals surface area contributed by atoms with Crippen LogP contribution in [-0.2, 0) is 35.3 Å². The van der Waals surface area contributed by atoms with Gasteiger partial charge in [-0.2, -0.15) is 4.31 Å². The zero-order valence-electron chi connectivity index (χ0n) is 20.7. The van der Waals surface area contributed by atoms with Crippen molar-refractivity contribution >= 4 is 54.8 Å². The van der Waals surface area contributed by atoms with E-state index in [1.165, 1.54) is 33.9 Å². The van der Waals surface area contributed by atoms with Gasteiger partial charge in [0.15, 0.2) is 0 Å². The lowest BCUT2D eigenvalue weighted by molar-refractivity contribution is -0.120. The third-order valence-electron chi connectivity index (χ3n) is 6.57. The van der Waals surface area contributed by atoms with Gasteiger partial charge in [-0.05, 0) is 48.7 Å². The molecule has 4 rings (SSSR count). The van der Waals surface area contributed by atoms with E-state index >= 15 is 0 Å². The van der Waals surface area contributed by atoms with Crippen molar-refractivity contribution in [3.05, 3.63) is 52.0 Å². The van der Waals surface area contributed by atoms with Crippen LogP contribution in [0.25, 0.3) is 0 Å². The van der Waals surface area contributed by atoms with E-state index < -0.39 is 26.0 Å². The first-order valence-corrected chi connectivity index (χ1v) is 15.8. The summed E-state index contributed by atoms with van der Waals surface area (Å²) in [6.45, 7) is 1.46. The molecule has 14 heteroatoms. The molecular formula is C24H29Cl2N3O7S2. The van der Waals surface area contributed by atoms with Gasteiger partial charge in [-0.15, -0.1) is 0 Å². The molecule has 2 aliphatic heterocycles. The molecule has 0 unspecified atom stereocenters. The number of nitrogens with one attached hydrogen (secondary N) is 1. The third kappa shape index (κ3) is 6.61. The Morgan fingerprint density at radius 2 is 1.66 bits per heavy atom. The van der Waals surface area contributed by atoms with Crippen molar-refractivity contribution in [2.45, 2.75) is 23.5 Å². The summed E-state index contributed by atoms with van der Waals surface area (Å²) in [5.74, 6) is -0.762. The molecule has 2 fully saturated rings. The molecule has 1 N–H and O–H groups in total. The zero-order valence-corrected chi connectivity index (χ0v) is 23.9. The number of sulfonamides is 2. The van der Waals surface area contributed by atoms with Crippen LogP contribution in [0.1, 0.15) is 18.4 Å². The Morgan fingerprint density at radius 1 is 0.974 bits per heavy atom. The first-order valence-electron chi connectivity index (χ1n) is 12.0. The highest BCUT2D eigenvalue weighted by molar-refractivity contribution is 7.89. The Labute approximate surface area is 232 Å². The Balaban J connectivity index is 1.40. The Bertz CT molecular complexity index is 1390. The molecule has 2 aromatic carbocycles. The quantitative estimate of drug-likeness (QED) is 0.490. The Kier molecular flexibility index (Phi) is 9.23. The summed E-state index contributed by atoms with van der Waals surface area (Å²) < 4.78 is 65.5. The molecule has 2 aromatic rings. The number of morpholine rings is 1. The van der Waals surface area contributed by atoms with Gasteiger partial charge in [0.05, 0.1) is 36.1 Å². The largest absolute Gasteiger partial charge is 0.495 e. The molecular weight excluding hydrogens is 577 g/mol. The number of hydrogen-bond acceptors (Lipinski definition) is 7. The van der Waals surface area contributed by atoms with Gasteiger partial charge in [0, 0.05) is 37.8 Å². The molecule has 0 aliphatic carbocycles. The van der Waals surface area contributed by atoms with Crippen LogP contribution in [0.5, 0.6) is 5.75 Å². The Hall–Kier alpha value is -1.93. The maximum atomic E-state index is 13.2. The highest BCUT2D eigenvalue weighted by Crippen LogP contribution is 2.31. The average Bonchev–Trinajstić information content (AvgIpc) is 2.91. The summed E-state index contributed by atoms with van der Waals surface area (Å²) in [6.07, 6.45) is 0.670. The second kappa shape index (κ2) is 12.1. The van der Waals surface area contributed by atoms with E-state index in [-0.39, 0.29) is 53.5 Å². The number of piperidine rings is 1. The fourth-order valence-corrected chi connectivity index (χ4v) is 7.91. The molecule has 2 heterocycles. The molecule has 2 saturated heterocycles. The van der Waals surface area contributed by atoms with Gasteiger partial charge in [0.25, 0.3) is 0 Å². The second-order valence-corrected chi connectivity index (χ2v) is 13.7. The summed E-state index contributed by atoms with van der Waals surface area (Å²) in [7, 11) is -6.08. The van der Waals surface area contributed by atoms with E-state index in [9.17, 15) is 21.6 Å². The number of halogens is 2. The van der Waals surface area contributed by atoms with E-state index in [0.717, 1.165) is 0 Å². The van der Waals surface area contributed by atoms with Crippen molar-refractivity contribution in [2.75, 3.05) is 51.8 Å². The van der Waals surface area contributed by atoms with E-state index in [0.29, 0.717) is 42.3 Å². The average molecular weight is 607 g/mol. The van der Waals surface area contributed by atoms with E-state index in [2.05, 4.69) is 5.32 Å². The molecule has 0 bridgehead atoms. The van der Waals surface area contributed by atoms with Gasteiger partial charge >= 0.3 is 0 Å². The first-order chi connectivity index (χ1) is 18.0. The van der Waals surface area contributed by atoms with Gasteiger partial charge in [0.2, 0.25) is 26.0 Å². The smallest absolute Gasteiger partial charge is 0.246 e. The van der Waals surface area contributed by atoms with Crippen LogP contribution >= 0.6 is 23.2 Å².